The first-order valence-electron chi connectivity index (χ1n) is 15.3. The predicted molar refractivity (Wildman–Crippen MR) is 179 cm³/mol. The van der Waals surface area contributed by atoms with Crippen LogP contribution >= 0.6 is 23.5 Å². The second-order valence-electron chi connectivity index (χ2n) is 13.5. The highest BCUT2D eigenvalue weighted by molar-refractivity contribution is 7.97. The van der Waals surface area contributed by atoms with Gasteiger partial charge < -0.3 is 10.1 Å². The van der Waals surface area contributed by atoms with Gasteiger partial charge in [-0.05, 0) is 102 Å². The number of hydrogen-bond acceptors (Lipinski definition) is 7. The van der Waals surface area contributed by atoms with Gasteiger partial charge in [-0.2, -0.15) is 0 Å². The molecule has 3 aromatic rings. The van der Waals surface area contributed by atoms with Gasteiger partial charge in [-0.15, -0.1) is 0 Å². The zero-order valence-electron chi connectivity index (χ0n) is 26.8. The van der Waals surface area contributed by atoms with E-state index in [-0.39, 0.29) is 21.8 Å². The third-order valence-corrected chi connectivity index (χ3v) is 8.69. The normalized spacial score (nSPS) is 16.7. The zero-order valence-corrected chi connectivity index (χ0v) is 28.4. The van der Waals surface area contributed by atoms with Gasteiger partial charge in [0.2, 0.25) is 0 Å². The molecule has 3 heterocycles. The van der Waals surface area contributed by atoms with E-state index in [0.717, 1.165) is 37.3 Å². The molecule has 2 aromatic heterocycles. The van der Waals surface area contributed by atoms with Gasteiger partial charge in [0, 0.05) is 47.7 Å². The highest BCUT2D eigenvalue weighted by atomic mass is 35.5. The number of halogens is 2. The SMILES string of the molecule is CC(C)COc1cc(F)cc(-c2ccc(C(=O)NSc3cccc(NCCCC4CN(C(C)(C)C)C(C)(C)C4)n3)c(Cl)n2)c1. The van der Waals surface area contributed by atoms with E-state index in [9.17, 15) is 9.18 Å². The molecule has 0 spiro atoms. The summed E-state index contributed by atoms with van der Waals surface area (Å²) < 4.78 is 22.7. The van der Waals surface area contributed by atoms with E-state index in [1.165, 1.54) is 25.0 Å². The van der Waals surface area contributed by atoms with Crippen LogP contribution in [0.3, 0.4) is 0 Å². The third-order valence-electron chi connectivity index (χ3n) is 7.68. The maximum atomic E-state index is 14.2. The number of nitrogens with one attached hydrogen (secondary N) is 2. The molecule has 1 saturated heterocycles. The molecule has 10 heteroatoms. The minimum absolute atomic E-state index is 0.0224. The van der Waals surface area contributed by atoms with Gasteiger partial charge in [0.15, 0.2) is 0 Å². The lowest BCUT2D eigenvalue weighted by atomic mass is 9.92. The second kappa shape index (κ2) is 14.5. The van der Waals surface area contributed by atoms with E-state index >= 15 is 0 Å². The number of likely N-dealkylation sites (tertiary alicyclic amines) is 1. The number of anilines is 1. The summed E-state index contributed by atoms with van der Waals surface area (Å²) in [7, 11) is 0. The summed E-state index contributed by atoms with van der Waals surface area (Å²) in [6, 6.07) is 13.3. The molecular weight excluding hydrogens is 597 g/mol. The van der Waals surface area contributed by atoms with Gasteiger partial charge >= 0.3 is 0 Å². The first kappa shape index (κ1) is 34.0. The number of carbonyl (C=O) groups is 1. The van der Waals surface area contributed by atoms with E-state index in [4.69, 9.17) is 16.3 Å². The Morgan fingerprint density at radius 2 is 1.95 bits per heavy atom. The van der Waals surface area contributed by atoms with Crippen molar-refractivity contribution in [3.63, 3.8) is 0 Å². The van der Waals surface area contributed by atoms with Crippen LogP contribution in [0.1, 0.15) is 78.1 Å². The molecule has 1 aromatic carbocycles. The second-order valence-corrected chi connectivity index (χ2v) is 14.7. The summed E-state index contributed by atoms with van der Waals surface area (Å²) in [6.07, 6.45) is 3.46. The summed E-state index contributed by atoms with van der Waals surface area (Å²) in [5.74, 6) is 1.35. The fourth-order valence-corrected chi connectivity index (χ4v) is 6.75. The van der Waals surface area contributed by atoms with Crippen molar-refractivity contribution in [3.05, 3.63) is 65.1 Å². The highest BCUT2D eigenvalue weighted by Gasteiger charge is 2.42. The predicted octanol–water partition coefficient (Wildman–Crippen LogP) is 8.50. The molecule has 0 bridgehead atoms. The Hall–Kier alpha value is -2.88. The van der Waals surface area contributed by atoms with Crippen molar-refractivity contribution in [2.45, 2.75) is 83.8 Å². The van der Waals surface area contributed by atoms with Crippen LogP contribution in [0.2, 0.25) is 5.15 Å². The lowest BCUT2D eigenvalue weighted by Crippen LogP contribution is -2.50. The Labute approximate surface area is 270 Å². The van der Waals surface area contributed by atoms with Crippen LogP contribution in [-0.4, -0.2) is 51.5 Å². The molecule has 0 aliphatic carbocycles. The van der Waals surface area contributed by atoms with Gasteiger partial charge in [-0.1, -0.05) is 31.5 Å². The first-order chi connectivity index (χ1) is 20.7. The van der Waals surface area contributed by atoms with E-state index in [0.29, 0.717) is 40.5 Å². The summed E-state index contributed by atoms with van der Waals surface area (Å²) in [6.45, 7) is 18.1. The summed E-state index contributed by atoms with van der Waals surface area (Å²) in [5.41, 5.74) is 1.57. The molecule has 7 nitrogen and oxygen atoms in total. The minimum atomic E-state index is -0.438. The maximum Gasteiger partial charge on any atom is 0.264 e. The maximum absolute atomic E-state index is 14.2. The number of aromatic nitrogens is 2. The monoisotopic (exact) mass is 641 g/mol. The van der Waals surface area contributed by atoms with Gasteiger partial charge in [0.05, 0.1) is 17.9 Å². The standard InChI is InChI=1S/C34H45ClFN5O2S/c1-22(2)21-43-26-17-24(16-25(36)18-26)28-14-13-27(31(35)38-28)32(42)40-44-30-12-8-11-29(39-30)37-15-9-10-23-19-34(6,7)41(20-23)33(3,4)5/h8,11-14,16-18,22-23H,9-10,15,19-21H2,1-7H3,(H,37,39)(H,40,42). The summed E-state index contributed by atoms with van der Waals surface area (Å²) >= 11 is 7.50. The number of carbonyl (C=O) groups excluding carboxylic acids is 1. The van der Waals surface area contributed by atoms with Crippen LogP contribution in [0.4, 0.5) is 10.2 Å². The van der Waals surface area contributed by atoms with E-state index in [1.54, 1.807) is 18.2 Å². The molecule has 1 aliphatic rings. The minimum Gasteiger partial charge on any atom is -0.493 e. The Morgan fingerprint density at radius 1 is 1.18 bits per heavy atom. The lowest BCUT2D eigenvalue weighted by molar-refractivity contribution is 0.0670. The molecule has 1 fully saturated rings. The fraction of sp³-hybridized carbons (Fsp3) is 0.500. The highest BCUT2D eigenvalue weighted by Crippen LogP contribution is 2.39. The lowest BCUT2D eigenvalue weighted by Gasteiger charge is -2.42. The van der Waals surface area contributed by atoms with Gasteiger partial charge in [0.25, 0.3) is 5.91 Å². The molecule has 1 amide bonds. The quantitative estimate of drug-likeness (QED) is 0.117. The number of hydrogen-bond donors (Lipinski definition) is 2. The van der Waals surface area contributed by atoms with Crippen LogP contribution in [0.25, 0.3) is 11.3 Å². The van der Waals surface area contributed by atoms with Crippen molar-refractivity contribution in [2.75, 3.05) is 25.0 Å². The van der Waals surface area contributed by atoms with Crippen LogP contribution in [0.5, 0.6) is 5.75 Å². The Kier molecular flexibility index (Phi) is 11.2. The van der Waals surface area contributed by atoms with Crippen molar-refractivity contribution in [1.82, 2.24) is 19.6 Å². The number of amides is 1. The largest absolute Gasteiger partial charge is 0.493 e. The van der Waals surface area contributed by atoms with E-state index < -0.39 is 11.7 Å². The van der Waals surface area contributed by atoms with Crippen molar-refractivity contribution in [1.29, 1.82) is 0 Å². The molecule has 4 rings (SSSR count). The average Bonchev–Trinajstić information content (AvgIpc) is 3.27. The smallest absolute Gasteiger partial charge is 0.264 e. The van der Waals surface area contributed by atoms with Crippen LogP contribution in [0, 0.1) is 17.7 Å². The fourth-order valence-electron chi connectivity index (χ4n) is 5.91. The number of benzene rings is 1. The van der Waals surface area contributed by atoms with Gasteiger partial charge in [-0.25, -0.2) is 14.4 Å². The summed E-state index contributed by atoms with van der Waals surface area (Å²) in [4.78, 5) is 24.5. The molecule has 1 unspecified atom stereocenters. The first-order valence-corrected chi connectivity index (χ1v) is 16.5. The van der Waals surface area contributed by atoms with E-state index in [2.05, 4.69) is 59.5 Å². The number of ether oxygens (including phenoxy) is 1. The molecule has 238 valence electrons. The number of nitrogens with zero attached hydrogens (tertiary/aromatic N) is 3. The third kappa shape index (κ3) is 9.31. The molecular formula is C34H45ClFN5O2S. The van der Waals surface area contributed by atoms with Crippen molar-refractivity contribution >= 4 is 35.3 Å². The van der Waals surface area contributed by atoms with Crippen LogP contribution in [0.15, 0.2) is 53.6 Å². The molecule has 2 N–H and O–H groups in total. The number of rotatable bonds is 12. The molecule has 0 saturated carbocycles. The topological polar surface area (TPSA) is 79.4 Å². The Morgan fingerprint density at radius 3 is 2.64 bits per heavy atom. The molecule has 1 atom stereocenters. The van der Waals surface area contributed by atoms with Crippen LogP contribution in [-0.2, 0) is 0 Å². The number of pyridine rings is 2. The van der Waals surface area contributed by atoms with Crippen LogP contribution < -0.4 is 14.8 Å². The molecule has 44 heavy (non-hydrogen) atoms. The van der Waals surface area contributed by atoms with Crippen molar-refractivity contribution in [2.24, 2.45) is 11.8 Å². The zero-order chi connectivity index (χ0) is 32.1. The summed E-state index contributed by atoms with van der Waals surface area (Å²) in [5, 5.41) is 4.10. The van der Waals surface area contributed by atoms with E-state index in [1.807, 2.05) is 32.0 Å². The van der Waals surface area contributed by atoms with Crippen molar-refractivity contribution < 1.29 is 13.9 Å². The Bertz CT molecular complexity index is 1450. The van der Waals surface area contributed by atoms with Gasteiger partial charge in [-0.3, -0.25) is 14.4 Å². The molecule has 0 radical (unpaired) electrons. The van der Waals surface area contributed by atoms with Crippen molar-refractivity contribution in [3.8, 4) is 17.0 Å². The Balaban J connectivity index is 1.28. The van der Waals surface area contributed by atoms with Gasteiger partial charge in [0.1, 0.15) is 27.6 Å². The molecule has 1 aliphatic heterocycles. The average molecular weight is 642 g/mol.